The van der Waals surface area contributed by atoms with Crippen LogP contribution in [0.2, 0.25) is 0 Å². The van der Waals surface area contributed by atoms with Crippen molar-refractivity contribution in [1.82, 2.24) is 19.7 Å². The third-order valence-electron chi connectivity index (χ3n) is 6.77. The predicted octanol–water partition coefficient (Wildman–Crippen LogP) is 2.93. The average Bonchev–Trinajstić information content (AvgIpc) is 3.37. The second-order valence-corrected chi connectivity index (χ2v) is 9.13. The molecule has 11 heteroatoms. The lowest BCUT2D eigenvalue weighted by molar-refractivity contribution is -0.117. The fourth-order valence-electron chi connectivity index (χ4n) is 4.92. The van der Waals surface area contributed by atoms with Crippen LogP contribution >= 0.6 is 0 Å². The van der Waals surface area contributed by atoms with Gasteiger partial charge in [0.15, 0.2) is 5.82 Å². The number of fused-ring (bicyclic) bond motifs is 2. The number of nitrogens with zero attached hydrogens (tertiary/aromatic N) is 4. The molecule has 3 aromatic heterocycles. The van der Waals surface area contributed by atoms with Gasteiger partial charge in [-0.15, -0.1) is 0 Å². The summed E-state index contributed by atoms with van der Waals surface area (Å²) < 4.78 is 19.3. The summed E-state index contributed by atoms with van der Waals surface area (Å²) in [7, 11) is 0. The van der Waals surface area contributed by atoms with Gasteiger partial charge in [0.2, 0.25) is 5.91 Å². The van der Waals surface area contributed by atoms with E-state index in [0.29, 0.717) is 29.6 Å². The Hall–Kier alpha value is -3.60. The first-order chi connectivity index (χ1) is 16.5. The van der Waals surface area contributed by atoms with Gasteiger partial charge in [-0.1, -0.05) is 0 Å². The SMILES string of the molecule is Cc1onc(O[C@@H]2CN(C(=O)O)[C@@H]3CCCO[C@@H]32)c1-c1ccn2nc(NC(=O)C3CC3)cc2c1. The molecule has 2 aliphatic heterocycles. The van der Waals surface area contributed by atoms with Crippen LogP contribution in [0.15, 0.2) is 28.9 Å². The second kappa shape index (κ2) is 8.01. The van der Waals surface area contributed by atoms with E-state index in [0.717, 1.165) is 36.8 Å². The standard InChI is InChI=1S/C23H25N5O6/c1-12-19(14-6-7-28-15(9-14)10-18(25-28)24-21(29)13-4-5-13)22(26-34-12)33-17-11-27(23(30)31)16-3-2-8-32-20(16)17/h6-7,9-10,13,16-17,20H,2-5,8,11H2,1H3,(H,30,31)(H,24,25,29)/t16-,17-,20+/m1/s1. The van der Waals surface area contributed by atoms with Crippen LogP contribution in [0.4, 0.5) is 10.6 Å². The number of ether oxygens (including phenoxy) is 2. The van der Waals surface area contributed by atoms with Gasteiger partial charge in [-0.3, -0.25) is 9.69 Å². The van der Waals surface area contributed by atoms with Crippen LogP contribution in [0.25, 0.3) is 16.6 Å². The van der Waals surface area contributed by atoms with Gasteiger partial charge in [0.05, 0.1) is 23.7 Å². The van der Waals surface area contributed by atoms with Crippen molar-refractivity contribution >= 4 is 23.3 Å². The smallest absolute Gasteiger partial charge is 0.407 e. The Kier molecular flexibility index (Phi) is 4.94. The third-order valence-corrected chi connectivity index (χ3v) is 6.77. The van der Waals surface area contributed by atoms with Gasteiger partial charge in [0.1, 0.15) is 18.0 Å². The maximum atomic E-state index is 12.1. The number of aryl methyl sites for hydroxylation is 1. The summed E-state index contributed by atoms with van der Waals surface area (Å²) in [5.41, 5.74) is 2.30. The molecular weight excluding hydrogens is 442 g/mol. The Labute approximate surface area is 194 Å². The molecule has 11 nitrogen and oxygen atoms in total. The molecule has 2 amide bonds. The van der Waals surface area contributed by atoms with Crippen LogP contribution < -0.4 is 10.1 Å². The van der Waals surface area contributed by atoms with Crippen LogP contribution in [-0.2, 0) is 9.53 Å². The topological polar surface area (TPSA) is 131 Å². The highest BCUT2D eigenvalue weighted by Gasteiger charge is 2.48. The zero-order valence-corrected chi connectivity index (χ0v) is 18.6. The van der Waals surface area contributed by atoms with E-state index < -0.39 is 12.2 Å². The minimum atomic E-state index is -0.973. The van der Waals surface area contributed by atoms with Crippen LogP contribution in [0.1, 0.15) is 31.4 Å². The summed E-state index contributed by atoms with van der Waals surface area (Å²) in [6.07, 6.45) is 3.43. The van der Waals surface area contributed by atoms with Gasteiger partial charge < -0.3 is 24.4 Å². The van der Waals surface area contributed by atoms with E-state index in [1.165, 1.54) is 4.90 Å². The molecule has 0 spiro atoms. The highest BCUT2D eigenvalue weighted by Crippen LogP contribution is 2.37. The maximum Gasteiger partial charge on any atom is 0.407 e. The molecule has 5 heterocycles. The van der Waals surface area contributed by atoms with Crippen molar-refractivity contribution < 1.29 is 28.7 Å². The van der Waals surface area contributed by atoms with E-state index in [9.17, 15) is 14.7 Å². The maximum absolute atomic E-state index is 12.1. The number of likely N-dealkylation sites (tertiary alicyclic amines) is 1. The van der Waals surface area contributed by atoms with Gasteiger partial charge in [-0.05, 0) is 55.5 Å². The summed E-state index contributed by atoms with van der Waals surface area (Å²) in [4.78, 5) is 25.2. The fourth-order valence-corrected chi connectivity index (χ4v) is 4.92. The number of carbonyl (C=O) groups excluding carboxylic acids is 1. The van der Waals surface area contributed by atoms with Crippen LogP contribution in [0.5, 0.6) is 5.88 Å². The van der Waals surface area contributed by atoms with E-state index in [4.69, 9.17) is 14.0 Å². The molecule has 34 heavy (non-hydrogen) atoms. The molecule has 2 N–H and O–H groups in total. The summed E-state index contributed by atoms with van der Waals surface area (Å²) in [6, 6.07) is 5.39. The van der Waals surface area contributed by atoms with E-state index in [1.807, 2.05) is 18.2 Å². The summed E-state index contributed by atoms with van der Waals surface area (Å²) >= 11 is 0. The molecule has 3 atom stereocenters. The largest absolute Gasteiger partial charge is 0.467 e. The number of aromatic nitrogens is 3. The first-order valence-electron chi connectivity index (χ1n) is 11.5. The Morgan fingerprint density at radius 2 is 2.12 bits per heavy atom. The van der Waals surface area contributed by atoms with Crippen molar-refractivity contribution in [3.05, 3.63) is 30.2 Å². The molecule has 0 bridgehead atoms. The summed E-state index contributed by atoms with van der Waals surface area (Å²) in [5, 5.41) is 21.0. The molecule has 3 fully saturated rings. The Balaban J connectivity index is 1.27. The highest BCUT2D eigenvalue weighted by atomic mass is 16.6. The van der Waals surface area contributed by atoms with Gasteiger partial charge >= 0.3 is 6.09 Å². The molecule has 2 saturated heterocycles. The first kappa shape index (κ1) is 21.0. The summed E-state index contributed by atoms with van der Waals surface area (Å²) in [5.74, 6) is 1.49. The van der Waals surface area contributed by atoms with E-state index in [-0.39, 0.29) is 30.5 Å². The van der Waals surface area contributed by atoms with Crippen LogP contribution in [-0.4, -0.2) is 68.2 Å². The molecule has 3 aromatic rings. The van der Waals surface area contributed by atoms with E-state index in [2.05, 4.69) is 15.6 Å². The molecular formula is C23H25N5O6. The zero-order chi connectivity index (χ0) is 23.4. The number of carboxylic acid groups (broad SMARTS) is 1. The molecule has 1 saturated carbocycles. The molecule has 1 aliphatic carbocycles. The minimum absolute atomic E-state index is 0.00407. The van der Waals surface area contributed by atoms with Gasteiger partial charge in [-0.2, -0.15) is 5.10 Å². The second-order valence-electron chi connectivity index (χ2n) is 9.13. The molecule has 0 aromatic carbocycles. The number of nitrogens with one attached hydrogen (secondary N) is 1. The number of amides is 2. The average molecular weight is 467 g/mol. The highest BCUT2D eigenvalue weighted by molar-refractivity contribution is 5.93. The monoisotopic (exact) mass is 467 g/mol. The van der Waals surface area contributed by atoms with Crippen LogP contribution in [0.3, 0.4) is 0 Å². The molecule has 178 valence electrons. The number of pyridine rings is 1. The van der Waals surface area contributed by atoms with E-state index >= 15 is 0 Å². The number of hydrogen-bond donors (Lipinski definition) is 2. The van der Waals surface area contributed by atoms with Crippen molar-refractivity contribution in [1.29, 1.82) is 0 Å². The Morgan fingerprint density at radius 3 is 2.91 bits per heavy atom. The fraction of sp³-hybridized carbons (Fsp3) is 0.478. The summed E-state index contributed by atoms with van der Waals surface area (Å²) in [6.45, 7) is 2.59. The van der Waals surface area contributed by atoms with Crippen molar-refractivity contribution in [2.24, 2.45) is 5.92 Å². The Morgan fingerprint density at radius 1 is 1.26 bits per heavy atom. The number of hydrogen-bond acceptors (Lipinski definition) is 7. The quantitative estimate of drug-likeness (QED) is 0.586. The number of carbonyl (C=O) groups is 2. The minimum Gasteiger partial charge on any atom is -0.467 e. The first-order valence-corrected chi connectivity index (χ1v) is 11.5. The van der Waals surface area contributed by atoms with Crippen LogP contribution in [0, 0.1) is 12.8 Å². The molecule has 0 radical (unpaired) electrons. The molecule has 6 rings (SSSR count). The third kappa shape index (κ3) is 3.65. The predicted molar refractivity (Wildman–Crippen MR) is 119 cm³/mol. The lowest BCUT2D eigenvalue weighted by Crippen LogP contribution is -2.43. The number of rotatable bonds is 5. The van der Waals surface area contributed by atoms with Crippen molar-refractivity contribution in [3.63, 3.8) is 0 Å². The molecule has 0 unspecified atom stereocenters. The van der Waals surface area contributed by atoms with Crippen molar-refractivity contribution in [2.75, 3.05) is 18.5 Å². The number of anilines is 1. The zero-order valence-electron chi connectivity index (χ0n) is 18.6. The lowest BCUT2D eigenvalue weighted by Gasteiger charge is -2.30. The van der Waals surface area contributed by atoms with Crippen molar-refractivity contribution in [3.8, 4) is 17.0 Å². The van der Waals surface area contributed by atoms with Gasteiger partial charge in [0.25, 0.3) is 5.88 Å². The van der Waals surface area contributed by atoms with E-state index in [1.54, 1.807) is 17.6 Å². The van der Waals surface area contributed by atoms with Gasteiger partial charge in [-0.25, -0.2) is 9.31 Å². The lowest BCUT2D eigenvalue weighted by atomic mass is 10.0. The van der Waals surface area contributed by atoms with Crippen molar-refractivity contribution in [2.45, 2.75) is 50.9 Å². The molecule has 3 aliphatic rings. The van der Waals surface area contributed by atoms with Gasteiger partial charge in [0, 0.05) is 24.8 Å². The normalized spacial score (nSPS) is 24.3. The Bertz CT molecular complexity index is 1260.